The van der Waals surface area contributed by atoms with Gasteiger partial charge in [-0.3, -0.25) is 9.59 Å². The van der Waals surface area contributed by atoms with Crippen LogP contribution in [0.4, 0.5) is 10.1 Å². The van der Waals surface area contributed by atoms with Gasteiger partial charge in [0.15, 0.2) is 5.78 Å². The van der Waals surface area contributed by atoms with Crippen molar-refractivity contribution < 1.29 is 14.0 Å². The first kappa shape index (κ1) is 18.6. The molecule has 0 aliphatic carbocycles. The van der Waals surface area contributed by atoms with Gasteiger partial charge >= 0.3 is 0 Å². The van der Waals surface area contributed by atoms with Gasteiger partial charge in [-0.1, -0.05) is 0 Å². The third-order valence-corrected chi connectivity index (χ3v) is 5.70. The van der Waals surface area contributed by atoms with Gasteiger partial charge in [0.2, 0.25) is 5.91 Å². The van der Waals surface area contributed by atoms with Crippen molar-refractivity contribution in [3.63, 3.8) is 0 Å². The van der Waals surface area contributed by atoms with Crippen molar-refractivity contribution in [2.75, 3.05) is 31.1 Å². The predicted octanol–water partition coefficient (Wildman–Crippen LogP) is 3.82. The molecule has 0 atom stereocenters. The van der Waals surface area contributed by atoms with Crippen LogP contribution in [0, 0.1) is 19.7 Å². The summed E-state index contributed by atoms with van der Waals surface area (Å²) in [6, 6.07) is 8.33. The standard InChI is InChI=1S/C20H23FN2O2S/c1-14-13-18(15(2)26-14)19(24)7-8-20(25)23-11-9-22(10-12-23)17-5-3-16(21)4-6-17/h3-6,13H,7-12H2,1-2H3. The van der Waals surface area contributed by atoms with E-state index < -0.39 is 0 Å². The lowest BCUT2D eigenvalue weighted by molar-refractivity contribution is -0.131. The van der Waals surface area contributed by atoms with Gasteiger partial charge in [-0.15, -0.1) is 11.3 Å². The Bertz CT molecular complexity index is 793. The van der Waals surface area contributed by atoms with Gasteiger partial charge in [0.25, 0.3) is 0 Å². The summed E-state index contributed by atoms with van der Waals surface area (Å²) >= 11 is 1.61. The molecule has 1 amide bonds. The van der Waals surface area contributed by atoms with Crippen molar-refractivity contribution in [1.29, 1.82) is 0 Å². The molecular formula is C20H23FN2O2S. The van der Waals surface area contributed by atoms with E-state index in [1.165, 1.54) is 12.1 Å². The van der Waals surface area contributed by atoms with Crippen molar-refractivity contribution in [2.45, 2.75) is 26.7 Å². The molecule has 0 spiro atoms. The number of thiophene rings is 1. The lowest BCUT2D eigenvalue weighted by Gasteiger charge is -2.36. The molecule has 2 heterocycles. The topological polar surface area (TPSA) is 40.6 Å². The summed E-state index contributed by atoms with van der Waals surface area (Å²) in [5.41, 5.74) is 1.72. The fourth-order valence-electron chi connectivity index (χ4n) is 3.29. The Labute approximate surface area is 157 Å². The van der Waals surface area contributed by atoms with Crippen LogP contribution in [0.5, 0.6) is 0 Å². The smallest absolute Gasteiger partial charge is 0.223 e. The average molecular weight is 374 g/mol. The first-order valence-corrected chi connectivity index (χ1v) is 9.64. The molecule has 1 aliphatic heterocycles. The third kappa shape index (κ3) is 4.30. The minimum atomic E-state index is -0.247. The maximum atomic E-state index is 13.0. The van der Waals surface area contributed by atoms with Crippen LogP contribution in [0.2, 0.25) is 0 Å². The first-order valence-electron chi connectivity index (χ1n) is 8.82. The van der Waals surface area contributed by atoms with Gasteiger partial charge in [-0.05, 0) is 44.2 Å². The molecule has 0 radical (unpaired) electrons. The van der Waals surface area contributed by atoms with Crippen LogP contribution in [-0.4, -0.2) is 42.8 Å². The molecule has 6 heteroatoms. The summed E-state index contributed by atoms with van der Waals surface area (Å²) in [7, 11) is 0. The van der Waals surface area contributed by atoms with Crippen LogP contribution in [0.15, 0.2) is 30.3 Å². The van der Waals surface area contributed by atoms with E-state index in [2.05, 4.69) is 4.90 Å². The van der Waals surface area contributed by atoms with Gasteiger partial charge < -0.3 is 9.80 Å². The Morgan fingerprint density at radius 2 is 1.69 bits per heavy atom. The first-order chi connectivity index (χ1) is 12.4. The van der Waals surface area contributed by atoms with Crippen LogP contribution in [0.3, 0.4) is 0 Å². The average Bonchev–Trinajstić information content (AvgIpc) is 2.98. The Morgan fingerprint density at radius 3 is 2.27 bits per heavy atom. The SMILES string of the molecule is Cc1cc(C(=O)CCC(=O)N2CCN(c3ccc(F)cc3)CC2)c(C)s1. The Hall–Kier alpha value is -2.21. The predicted molar refractivity (Wildman–Crippen MR) is 103 cm³/mol. The Morgan fingerprint density at radius 1 is 1.04 bits per heavy atom. The zero-order chi connectivity index (χ0) is 18.7. The number of piperazine rings is 1. The normalized spacial score (nSPS) is 14.6. The van der Waals surface area contributed by atoms with Crippen molar-refractivity contribution in [3.05, 3.63) is 51.5 Å². The van der Waals surface area contributed by atoms with Gasteiger partial charge in [0, 0.05) is 60.0 Å². The maximum absolute atomic E-state index is 13.0. The molecule has 0 unspecified atom stereocenters. The Balaban J connectivity index is 1.48. The molecule has 4 nitrogen and oxygen atoms in total. The number of carbonyl (C=O) groups is 2. The van der Waals surface area contributed by atoms with Crippen molar-refractivity contribution >= 4 is 28.7 Å². The number of amides is 1. The maximum Gasteiger partial charge on any atom is 0.223 e. The van der Waals surface area contributed by atoms with Gasteiger partial charge in [0.05, 0.1) is 0 Å². The molecule has 0 N–H and O–H groups in total. The number of rotatable bonds is 5. The van der Waals surface area contributed by atoms with Gasteiger partial charge in [-0.2, -0.15) is 0 Å². The second kappa shape index (κ2) is 7.99. The highest BCUT2D eigenvalue weighted by Crippen LogP contribution is 2.23. The second-order valence-electron chi connectivity index (χ2n) is 6.59. The van der Waals surface area contributed by atoms with Gasteiger partial charge in [0.1, 0.15) is 5.82 Å². The number of halogens is 1. The van der Waals surface area contributed by atoms with Crippen LogP contribution >= 0.6 is 11.3 Å². The van der Waals surface area contributed by atoms with Crippen molar-refractivity contribution in [3.8, 4) is 0 Å². The summed E-state index contributed by atoms with van der Waals surface area (Å²) in [4.78, 5) is 30.9. The monoisotopic (exact) mass is 374 g/mol. The zero-order valence-corrected chi connectivity index (χ0v) is 15.9. The molecule has 1 aromatic heterocycles. The van der Waals surface area contributed by atoms with E-state index in [1.54, 1.807) is 23.5 Å². The van der Waals surface area contributed by atoms with Crippen LogP contribution in [0.25, 0.3) is 0 Å². The second-order valence-corrected chi connectivity index (χ2v) is 8.05. The van der Waals surface area contributed by atoms with Crippen LogP contribution in [0.1, 0.15) is 33.0 Å². The molecule has 2 aromatic rings. The van der Waals surface area contributed by atoms with E-state index in [0.29, 0.717) is 26.2 Å². The molecule has 0 saturated carbocycles. The van der Waals surface area contributed by atoms with E-state index in [-0.39, 0.29) is 30.3 Å². The molecule has 1 fully saturated rings. The largest absolute Gasteiger partial charge is 0.368 e. The number of hydrogen-bond acceptors (Lipinski definition) is 4. The number of anilines is 1. The van der Waals surface area contributed by atoms with E-state index in [1.807, 2.05) is 24.8 Å². The minimum Gasteiger partial charge on any atom is -0.368 e. The summed E-state index contributed by atoms with van der Waals surface area (Å²) in [5.74, 6) is -0.171. The number of benzene rings is 1. The lowest BCUT2D eigenvalue weighted by atomic mass is 10.1. The summed E-state index contributed by atoms with van der Waals surface area (Å²) in [5, 5.41) is 0. The number of Topliss-reactive ketones (excluding diaryl/α,β-unsaturated/α-hetero) is 1. The Kier molecular flexibility index (Phi) is 5.71. The molecule has 138 valence electrons. The number of nitrogens with zero attached hydrogens (tertiary/aromatic N) is 2. The highest BCUT2D eigenvalue weighted by Gasteiger charge is 2.22. The highest BCUT2D eigenvalue weighted by atomic mass is 32.1. The third-order valence-electron chi connectivity index (χ3n) is 4.73. The van der Waals surface area contributed by atoms with Crippen LogP contribution in [-0.2, 0) is 4.79 Å². The molecule has 26 heavy (non-hydrogen) atoms. The van der Waals surface area contributed by atoms with E-state index >= 15 is 0 Å². The quantitative estimate of drug-likeness (QED) is 0.747. The number of aryl methyl sites for hydroxylation is 2. The fraction of sp³-hybridized carbons (Fsp3) is 0.400. The molecule has 0 bridgehead atoms. The zero-order valence-electron chi connectivity index (χ0n) is 15.1. The number of carbonyl (C=O) groups excluding carboxylic acids is 2. The summed E-state index contributed by atoms with van der Waals surface area (Å²) in [6.45, 7) is 6.62. The number of ketones is 1. The summed E-state index contributed by atoms with van der Waals surface area (Å²) < 4.78 is 13.0. The van der Waals surface area contributed by atoms with E-state index in [4.69, 9.17) is 0 Å². The molecular weight excluding hydrogens is 351 g/mol. The minimum absolute atomic E-state index is 0.0294. The number of hydrogen-bond donors (Lipinski definition) is 0. The lowest BCUT2D eigenvalue weighted by Crippen LogP contribution is -2.48. The summed E-state index contributed by atoms with van der Waals surface area (Å²) in [6.07, 6.45) is 0.512. The highest BCUT2D eigenvalue weighted by molar-refractivity contribution is 7.12. The molecule has 1 aliphatic rings. The van der Waals surface area contributed by atoms with Crippen LogP contribution < -0.4 is 4.90 Å². The van der Waals surface area contributed by atoms with Crippen molar-refractivity contribution in [2.24, 2.45) is 0 Å². The molecule has 1 saturated heterocycles. The van der Waals surface area contributed by atoms with Crippen molar-refractivity contribution in [1.82, 2.24) is 4.90 Å². The van der Waals surface area contributed by atoms with E-state index in [0.717, 1.165) is 21.0 Å². The molecule has 1 aromatic carbocycles. The fourth-order valence-corrected chi connectivity index (χ4v) is 4.23. The molecule has 3 rings (SSSR count). The van der Waals surface area contributed by atoms with E-state index in [9.17, 15) is 14.0 Å². The van der Waals surface area contributed by atoms with Gasteiger partial charge in [-0.25, -0.2) is 4.39 Å².